The van der Waals surface area contributed by atoms with Crippen molar-refractivity contribution < 1.29 is 28.3 Å². The summed E-state index contributed by atoms with van der Waals surface area (Å²) in [4.78, 5) is 54.5. The molecule has 0 fully saturated rings. The maximum Gasteiger partial charge on any atom is 0.341 e. The third kappa shape index (κ3) is 8.24. The van der Waals surface area contributed by atoms with Gasteiger partial charge in [0.1, 0.15) is 16.5 Å². The molecule has 0 saturated carbocycles. The van der Waals surface area contributed by atoms with Crippen molar-refractivity contribution in [2.45, 2.75) is 42.2 Å². The molecule has 1 aliphatic carbocycles. The maximum absolute atomic E-state index is 13.5. The molecule has 5 aromatic rings. The zero-order valence-electron chi connectivity index (χ0n) is 27.4. The number of amides is 3. The van der Waals surface area contributed by atoms with E-state index in [9.17, 15) is 19.2 Å². The van der Waals surface area contributed by atoms with Gasteiger partial charge in [-0.15, -0.1) is 23.1 Å². The van der Waals surface area contributed by atoms with Gasteiger partial charge in [-0.05, 0) is 85.7 Å². The van der Waals surface area contributed by atoms with Gasteiger partial charge in [0.05, 0.1) is 24.2 Å². The van der Waals surface area contributed by atoms with Crippen LogP contribution in [0.1, 0.15) is 61.7 Å². The molecular formula is C39H35N3O6S2. The molecule has 9 nitrogen and oxygen atoms in total. The number of thiophene rings is 1. The van der Waals surface area contributed by atoms with Gasteiger partial charge in [-0.3, -0.25) is 14.4 Å². The Morgan fingerprint density at radius 3 is 2.42 bits per heavy atom. The fourth-order valence-electron chi connectivity index (χ4n) is 5.78. The highest BCUT2D eigenvalue weighted by Gasteiger charge is 2.31. The number of thioether (sulfide) groups is 1. The molecule has 2 unspecified atom stereocenters. The highest BCUT2D eigenvalue weighted by Crippen LogP contribution is 2.43. The van der Waals surface area contributed by atoms with E-state index in [0.29, 0.717) is 33.5 Å². The van der Waals surface area contributed by atoms with Gasteiger partial charge in [0.15, 0.2) is 0 Å². The number of hydrogen-bond acceptors (Lipinski definition) is 8. The molecule has 3 amide bonds. The van der Waals surface area contributed by atoms with Crippen molar-refractivity contribution in [2.24, 2.45) is 0 Å². The largest absolute Gasteiger partial charge is 0.465 e. The first-order valence-corrected chi connectivity index (χ1v) is 17.8. The molecule has 11 heteroatoms. The number of carbonyl (C=O) groups excluding carboxylic acids is 4. The number of anilines is 2. The van der Waals surface area contributed by atoms with Gasteiger partial charge < -0.3 is 25.1 Å². The standard InChI is InChI=1S/C39H35N3O6S2/c1-24(35(43)42-38-34(39(46)47-2)31-19-18-27(21-33(31)50-38)25-11-5-3-6-12-25)49-30-17-9-15-28(22-30)40-37(45)32(23-29-16-10-20-48-29)41-36(44)26-13-7-4-8-14-26/h3-17,20,22-24,27H,18-19,21H2,1-2H3,(H,40,45)(H,41,44)(H,42,43)/b32-23-. The quantitative estimate of drug-likeness (QED) is 0.0724. The van der Waals surface area contributed by atoms with Crippen LogP contribution in [0.25, 0.3) is 6.08 Å². The topological polar surface area (TPSA) is 127 Å². The van der Waals surface area contributed by atoms with E-state index < -0.39 is 23.0 Å². The number of carbonyl (C=O) groups is 4. The van der Waals surface area contributed by atoms with Gasteiger partial charge >= 0.3 is 5.97 Å². The number of hydrogen-bond donors (Lipinski definition) is 3. The van der Waals surface area contributed by atoms with Crippen LogP contribution in [0.3, 0.4) is 0 Å². The summed E-state index contributed by atoms with van der Waals surface area (Å²) < 4.78 is 10.5. The van der Waals surface area contributed by atoms with E-state index in [0.717, 1.165) is 34.6 Å². The van der Waals surface area contributed by atoms with E-state index in [2.05, 4.69) is 28.1 Å². The monoisotopic (exact) mass is 705 g/mol. The summed E-state index contributed by atoms with van der Waals surface area (Å²) in [7, 11) is 1.35. The van der Waals surface area contributed by atoms with Crippen LogP contribution < -0.4 is 16.0 Å². The molecule has 0 aliphatic heterocycles. The number of rotatable bonds is 11. The lowest BCUT2D eigenvalue weighted by Gasteiger charge is -2.22. The SMILES string of the molecule is COC(=O)c1c(NC(=O)C(C)Sc2cccc(NC(=O)/C(=C/c3ccco3)NC(=O)c3ccccc3)c2)sc2c1CCC(c1ccccc1)C2. The molecule has 2 aromatic heterocycles. The van der Waals surface area contributed by atoms with E-state index in [4.69, 9.17) is 9.15 Å². The van der Waals surface area contributed by atoms with Crippen LogP contribution in [0.2, 0.25) is 0 Å². The third-order valence-corrected chi connectivity index (χ3v) is 10.6. The predicted octanol–water partition coefficient (Wildman–Crippen LogP) is 7.93. The number of methoxy groups -OCH3 is 1. The molecule has 3 aromatic carbocycles. The van der Waals surface area contributed by atoms with Gasteiger partial charge in [-0.2, -0.15) is 0 Å². The third-order valence-electron chi connectivity index (χ3n) is 8.30. The van der Waals surface area contributed by atoms with Crippen LogP contribution in [0.5, 0.6) is 0 Å². The van der Waals surface area contributed by atoms with Gasteiger partial charge in [0, 0.05) is 27.1 Å². The zero-order chi connectivity index (χ0) is 35.0. The van der Waals surface area contributed by atoms with Gasteiger partial charge in [0.2, 0.25) is 5.91 Å². The first kappa shape index (κ1) is 34.5. The van der Waals surface area contributed by atoms with E-state index in [1.165, 1.54) is 48.1 Å². The van der Waals surface area contributed by atoms with Crippen LogP contribution in [-0.4, -0.2) is 36.1 Å². The number of benzene rings is 3. The van der Waals surface area contributed by atoms with Crippen molar-refractivity contribution in [3.8, 4) is 0 Å². The Labute approximate surface area is 298 Å². The molecule has 2 heterocycles. The van der Waals surface area contributed by atoms with E-state index in [-0.39, 0.29) is 11.6 Å². The minimum atomic E-state index is -0.551. The van der Waals surface area contributed by atoms with E-state index >= 15 is 0 Å². The summed E-state index contributed by atoms with van der Waals surface area (Å²) in [6, 6.07) is 29.4. The lowest BCUT2D eigenvalue weighted by atomic mass is 9.83. The molecule has 0 radical (unpaired) electrons. The zero-order valence-corrected chi connectivity index (χ0v) is 29.1. The van der Waals surface area contributed by atoms with Crippen molar-refractivity contribution in [3.05, 3.63) is 142 Å². The predicted molar refractivity (Wildman–Crippen MR) is 196 cm³/mol. The summed E-state index contributed by atoms with van der Waals surface area (Å²) in [5.41, 5.74) is 3.52. The van der Waals surface area contributed by atoms with Crippen LogP contribution in [0.15, 0.2) is 118 Å². The molecule has 1 aliphatic rings. The normalized spacial score (nSPS) is 14.6. The lowest BCUT2D eigenvalue weighted by molar-refractivity contribution is -0.115. The Morgan fingerprint density at radius 1 is 0.940 bits per heavy atom. The van der Waals surface area contributed by atoms with Crippen molar-refractivity contribution >= 4 is 63.6 Å². The highest BCUT2D eigenvalue weighted by molar-refractivity contribution is 8.00. The Kier molecular flexibility index (Phi) is 10.9. The first-order chi connectivity index (χ1) is 24.3. The number of furan rings is 1. The Bertz CT molecular complexity index is 2020. The number of ether oxygens (including phenoxy) is 1. The molecule has 3 N–H and O–H groups in total. The molecule has 0 spiro atoms. The molecule has 0 saturated heterocycles. The summed E-state index contributed by atoms with van der Waals surface area (Å²) in [6.45, 7) is 1.78. The summed E-state index contributed by atoms with van der Waals surface area (Å²) >= 11 is 2.75. The molecule has 2 atom stereocenters. The Hall–Kier alpha value is -5.39. The van der Waals surface area contributed by atoms with Crippen LogP contribution >= 0.6 is 23.1 Å². The van der Waals surface area contributed by atoms with Crippen molar-refractivity contribution in [1.29, 1.82) is 0 Å². The number of fused-ring (bicyclic) bond motifs is 1. The van der Waals surface area contributed by atoms with E-state index in [1.807, 2.05) is 24.3 Å². The second kappa shape index (κ2) is 15.9. The first-order valence-electron chi connectivity index (χ1n) is 16.1. The second-order valence-electron chi connectivity index (χ2n) is 11.7. The molecule has 254 valence electrons. The molecule has 6 rings (SSSR count). The highest BCUT2D eigenvalue weighted by atomic mass is 32.2. The molecular weight excluding hydrogens is 671 g/mol. The second-order valence-corrected chi connectivity index (χ2v) is 14.2. The lowest BCUT2D eigenvalue weighted by Crippen LogP contribution is -2.30. The average molecular weight is 706 g/mol. The fourth-order valence-corrected chi connectivity index (χ4v) is 8.02. The van der Waals surface area contributed by atoms with Gasteiger partial charge in [0.25, 0.3) is 11.8 Å². The summed E-state index contributed by atoms with van der Waals surface area (Å²) in [5.74, 6) is -0.980. The Balaban J connectivity index is 1.13. The van der Waals surface area contributed by atoms with Crippen molar-refractivity contribution in [2.75, 3.05) is 17.7 Å². The van der Waals surface area contributed by atoms with Crippen molar-refractivity contribution in [1.82, 2.24) is 5.32 Å². The molecule has 50 heavy (non-hydrogen) atoms. The number of nitrogens with one attached hydrogen (secondary N) is 3. The summed E-state index contributed by atoms with van der Waals surface area (Å²) in [6.07, 6.45) is 5.35. The maximum atomic E-state index is 13.5. The van der Waals surface area contributed by atoms with Crippen LogP contribution in [-0.2, 0) is 27.2 Å². The minimum Gasteiger partial charge on any atom is -0.465 e. The molecule has 0 bridgehead atoms. The Morgan fingerprint density at radius 2 is 1.70 bits per heavy atom. The minimum absolute atomic E-state index is 0.00486. The fraction of sp³-hybridized carbons (Fsp3) is 0.179. The smallest absolute Gasteiger partial charge is 0.341 e. The average Bonchev–Trinajstić information content (AvgIpc) is 3.79. The number of esters is 1. The summed E-state index contributed by atoms with van der Waals surface area (Å²) in [5, 5.41) is 8.48. The van der Waals surface area contributed by atoms with Gasteiger partial charge in [-0.25, -0.2) is 4.79 Å². The van der Waals surface area contributed by atoms with Crippen molar-refractivity contribution in [3.63, 3.8) is 0 Å². The van der Waals surface area contributed by atoms with Crippen LogP contribution in [0.4, 0.5) is 10.7 Å². The van der Waals surface area contributed by atoms with E-state index in [1.54, 1.807) is 67.6 Å². The van der Waals surface area contributed by atoms with Crippen LogP contribution in [0, 0.1) is 0 Å². The van der Waals surface area contributed by atoms with Gasteiger partial charge in [-0.1, -0.05) is 54.6 Å².